The number of alkyl halides is 3. The van der Waals surface area contributed by atoms with Gasteiger partial charge in [-0.05, 0) is 12.0 Å². The number of benzene rings is 1. The minimum Gasteiger partial charge on any atom is -0.463 e. The molecule has 3 N–H and O–H groups in total. The Morgan fingerprint density at radius 3 is 1.93 bits per heavy atom. The smallest absolute Gasteiger partial charge is 0.463 e. The van der Waals surface area contributed by atoms with E-state index in [0.29, 0.717) is 0 Å². The van der Waals surface area contributed by atoms with Crippen molar-refractivity contribution in [3.63, 3.8) is 0 Å². The first-order valence-electron chi connectivity index (χ1n) is 17.0. The highest BCUT2D eigenvalue weighted by atomic mass is 19.4. The van der Waals surface area contributed by atoms with E-state index < -0.39 is 116 Å². The molecule has 0 aliphatic carbocycles. The fourth-order valence-electron chi connectivity index (χ4n) is 5.65. The van der Waals surface area contributed by atoms with Crippen molar-refractivity contribution in [2.24, 2.45) is 0 Å². The van der Waals surface area contributed by atoms with E-state index in [2.05, 4.69) is 5.32 Å². The molecular formula is C34H45F3N2O16. The van der Waals surface area contributed by atoms with Crippen LogP contribution in [0.1, 0.15) is 46.6 Å². The van der Waals surface area contributed by atoms with E-state index in [0.717, 1.165) is 40.2 Å². The standard InChI is InChI=1S/C34H45F3N2O16/c1-17(40)39-25-29(51-20(4)43)28(24(16-49-18(2)41)53-31(25)48-13-9-12-38-33(46)34(35,36)37)55-32-30(52-21(5)44)26(45)27(50-19(3)42)23(54-32)15-47-14-22-10-7-6-8-11-22/h6-8,10-11,23-32,45H,9,12-16H2,1-5H3,(H,38,46)(H,39,40)/t23-,24-,25-,26+,27+,28-,29-,30-,31-,32+/m1/s1. The van der Waals surface area contributed by atoms with Crippen molar-refractivity contribution in [2.45, 2.75) is 115 Å². The number of amides is 2. The summed E-state index contributed by atoms with van der Waals surface area (Å²) < 4.78 is 89.3. The lowest BCUT2D eigenvalue weighted by Gasteiger charge is -2.48. The van der Waals surface area contributed by atoms with Crippen molar-refractivity contribution in [2.75, 3.05) is 26.4 Å². The zero-order chi connectivity index (χ0) is 40.9. The number of carbonyl (C=O) groups excluding carboxylic acids is 6. The Labute approximate surface area is 313 Å². The molecule has 2 aliphatic rings. The van der Waals surface area contributed by atoms with Gasteiger partial charge in [-0.3, -0.25) is 28.8 Å². The maximum Gasteiger partial charge on any atom is 0.471 e. The largest absolute Gasteiger partial charge is 0.471 e. The van der Waals surface area contributed by atoms with Gasteiger partial charge >= 0.3 is 36.0 Å². The molecule has 55 heavy (non-hydrogen) atoms. The zero-order valence-electron chi connectivity index (χ0n) is 30.6. The van der Waals surface area contributed by atoms with Gasteiger partial charge < -0.3 is 58.4 Å². The Balaban J connectivity index is 1.97. The number of aliphatic hydroxyl groups excluding tert-OH is 1. The van der Waals surface area contributed by atoms with Crippen LogP contribution in [-0.2, 0) is 78.0 Å². The normalized spacial score (nSPS) is 27.9. The van der Waals surface area contributed by atoms with Gasteiger partial charge in [0, 0.05) is 41.2 Å². The molecule has 1 aromatic rings. The SMILES string of the molecule is CC(=O)N[C@H]1[C@H](OCCCNC(=O)C(F)(F)F)O[C@H](COC(C)=O)[C@@H](O[C@@H]2O[C@H](COCc3ccccc3)[C@H](OC(C)=O)[C@H](O)[C@H]2OC(C)=O)[C@@H]1OC(C)=O. The first kappa shape index (κ1) is 45.0. The van der Waals surface area contributed by atoms with Gasteiger partial charge in [0.15, 0.2) is 30.9 Å². The molecule has 2 saturated heterocycles. The average molecular weight is 795 g/mol. The Kier molecular flexibility index (Phi) is 17.2. The highest BCUT2D eigenvalue weighted by molar-refractivity contribution is 5.81. The van der Waals surface area contributed by atoms with Crippen molar-refractivity contribution in [3.8, 4) is 0 Å². The summed E-state index contributed by atoms with van der Waals surface area (Å²) in [5.74, 6) is -6.26. The average Bonchev–Trinajstić information content (AvgIpc) is 3.08. The van der Waals surface area contributed by atoms with Gasteiger partial charge in [-0.15, -0.1) is 0 Å². The van der Waals surface area contributed by atoms with Crippen LogP contribution in [0.4, 0.5) is 13.2 Å². The third-order valence-corrected chi connectivity index (χ3v) is 7.82. The van der Waals surface area contributed by atoms with Crippen molar-refractivity contribution in [1.82, 2.24) is 10.6 Å². The first-order valence-corrected chi connectivity index (χ1v) is 17.0. The third kappa shape index (κ3) is 14.3. The molecule has 0 unspecified atom stereocenters. The minimum absolute atomic E-state index is 0.0758. The van der Waals surface area contributed by atoms with E-state index >= 15 is 0 Å². The van der Waals surface area contributed by atoms with Gasteiger partial charge in [0.25, 0.3) is 0 Å². The highest BCUT2D eigenvalue weighted by Gasteiger charge is 2.55. The van der Waals surface area contributed by atoms with Crippen LogP contribution in [0.3, 0.4) is 0 Å². The molecule has 2 heterocycles. The molecule has 1 aromatic carbocycles. The molecule has 2 fully saturated rings. The second-order valence-corrected chi connectivity index (χ2v) is 12.4. The third-order valence-electron chi connectivity index (χ3n) is 7.82. The number of aliphatic hydroxyl groups is 1. The lowest BCUT2D eigenvalue weighted by Crippen LogP contribution is -2.69. The molecule has 18 nitrogen and oxygen atoms in total. The van der Waals surface area contributed by atoms with Gasteiger partial charge in [0.05, 0.1) is 19.8 Å². The Hall–Kier alpha value is -4.41. The van der Waals surface area contributed by atoms with E-state index in [9.17, 15) is 47.0 Å². The van der Waals surface area contributed by atoms with Crippen molar-refractivity contribution in [1.29, 1.82) is 0 Å². The minimum atomic E-state index is -5.11. The Morgan fingerprint density at radius 2 is 1.35 bits per heavy atom. The summed E-state index contributed by atoms with van der Waals surface area (Å²) >= 11 is 0. The number of halogens is 3. The van der Waals surface area contributed by atoms with Gasteiger partial charge in [0.2, 0.25) is 5.91 Å². The number of esters is 4. The number of hydrogen-bond acceptors (Lipinski definition) is 16. The van der Waals surface area contributed by atoms with Gasteiger partial charge in [-0.1, -0.05) is 30.3 Å². The molecule has 0 radical (unpaired) electrons. The zero-order valence-corrected chi connectivity index (χ0v) is 30.6. The second-order valence-electron chi connectivity index (χ2n) is 12.4. The quantitative estimate of drug-likeness (QED) is 0.110. The van der Waals surface area contributed by atoms with Crippen LogP contribution >= 0.6 is 0 Å². The van der Waals surface area contributed by atoms with Crippen molar-refractivity contribution < 1.29 is 89.7 Å². The van der Waals surface area contributed by atoms with Crippen molar-refractivity contribution >= 4 is 35.7 Å². The van der Waals surface area contributed by atoms with E-state index in [-0.39, 0.29) is 26.2 Å². The molecule has 10 atom stereocenters. The van der Waals surface area contributed by atoms with Crippen LogP contribution in [0, 0.1) is 0 Å². The number of ether oxygens (including phenoxy) is 9. The summed E-state index contributed by atoms with van der Waals surface area (Å²) in [5, 5.41) is 15.7. The summed E-state index contributed by atoms with van der Waals surface area (Å²) in [5.41, 5.74) is 0.775. The van der Waals surface area contributed by atoms with Crippen LogP contribution in [-0.4, -0.2) is 135 Å². The van der Waals surface area contributed by atoms with Crippen LogP contribution < -0.4 is 10.6 Å². The molecule has 0 saturated carbocycles. The van der Waals surface area contributed by atoms with Crippen LogP contribution in [0.25, 0.3) is 0 Å². The molecule has 0 spiro atoms. The van der Waals surface area contributed by atoms with E-state index in [4.69, 9.17) is 42.6 Å². The van der Waals surface area contributed by atoms with Crippen molar-refractivity contribution in [3.05, 3.63) is 35.9 Å². The summed E-state index contributed by atoms with van der Waals surface area (Å²) in [4.78, 5) is 72.4. The number of nitrogens with one attached hydrogen (secondary N) is 2. The molecule has 0 bridgehead atoms. The summed E-state index contributed by atoms with van der Waals surface area (Å²) in [6.07, 6.45) is -19.3. The number of carbonyl (C=O) groups is 6. The predicted octanol–water partition coefficient (Wildman–Crippen LogP) is 0.347. The van der Waals surface area contributed by atoms with Crippen LogP contribution in [0.2, 0.25) is 0 Å². The monoisotopic (exact) mass is 794 g/mol. The Morgan fingerprint density at radius 1 is 0.764 bits per heavy atom. The molecule has 2 aliphatic heterocycles. The first-order chi connectivity index (χ1) is 25.9. The molecular weight excluding hydrogens is 749 g/mol. The molecule has 3 rings (SSSR count). The lowest BCUT2D eigenvalue weighted by atomic mass is 9.95. The predicted molar refractivity (Wildman–Crippen MR) is 175 cm³/mol. The van der Waals surface area contributed by atoms with Gasteiger partial charge in [-0.2, -0.15) is 13.2 Å². The van der Waals surface area contributed by atoms with Crippen LogP contribution in [0.5, 0.6) is 0 Å². The number of hydrogen-bond donors (Lipinski definition) is 3. The molecule has 308 valence electrons. The van der Waals surface area contributed by atoms with Gasteiger partial charge in [0.1, 0.15) is 37.1 Å². The summed E-state index contributed by atoms with van der Waals surface area (Å²) in [6.45, 7) is 3.70. The van der Waals surface area contributed by atoms with Gasteiger partial charge in [-0.25, -0.2) is 0 Å². The topological polar surface area (TPSA) is 230 Å². The fourth-order valence-corrected chi connectivity index (χ4v) is 5.65. The summed E-state index contributed by atoms with van der Waals surface area (Å²) in [6, 6.07) is 7.55. The van der Waals surface area contributed by atoms with Crippen LogP contribution in [0.15, 0.2) is 30.3 Å². The number of rotatable bonds is 17. The molecule has 0 aromatic heterocycles. The molecule has 2 amide bonds. The second kappa shape index (κ2) is 21.0. The maximum atomic E-state index is 12.6. The Bertz CT molecular complexity index is 1470. The maximum absolute atomic E-state index is 12.6. The fraction of sp³-hybridized carbons (Fsp3) is 0.647. The summed E-state index contributed by atoms with van der Waals surface area (Å²) in [7, 11) is 0. The lowest BCUT2D eigenvalue weighted by molar-refractivity contribution is -0.350. The van der Waals surface area contributed by atoms with E-state index in [1.165, 1.54) is 0 Å². The van der Waals surface area contributed by atoms with E-state index in [1.807, 2.05) is 0 Å². The van der Waals surface area contributed by atoms with E-state index in [1.54, 1.807) is 35.6 Å². The highest BCUT2D eigenvalue weighted by Crippen LogP contribution is 2.34. The molecule has 21 heteroatoms.